The van der Waals surface area contributed by atoms with Gasteiger partial charge in [0.15, 0.2) is 0 Å². The molecule has 5 heteroatoms. The summed E-state index contributed by atoms with van der Waals surface area (Å²) in [6.07, 6.45) is 3.20. The van der Waals surface area contributed by atoms with Crippen LogP contribution in [0.25, 0.3) is 0 Å². The highest BCUT2D eigenvalue weighted by Gasteiger charge is 2.31. The van der Waals surface area contributed by atoms with E-state index in [1.165, 1.54) is 0 Å². The molecular formula is C19H23NO4. The number of ether oxygens (including phenoxy) is 1. The summed E-state index contributed by atoms with van der Waals surface area (Å²) >= 11 is 0. The molecule has 128 valence electrons. The lowest BCUT2D eigenvalue weighted by Crippen LogP contribution is -2.36. The van der Waals surface area contributed by atoms with E-state index in [4.69, 9.17) is 9.15 Å². The minimum atomic E-state index is -0.687. The van der Waals surface area contributed by atoms with Crippen molar-refractivity contribution in [2.24, 2.45) is 0 Å². The molecule has 2 aromatic rings. The number of aliphatic hydroxyl groups is 1. The van der Waals surface area contributed by atoms with Crippen molar-refractivity contribution >= 4 is 5.91 Å². The molecule has 2 atom stereocenters. The quantitative estimate of drug-likeness (QED) is 0.882. The maximum absolute atomic E-state index is 12.8. The van der Waals surface area contributed by atoms with Crippen molar-refractivity contribution in [3.63, 3.8) is 0 Å². The highest BCUT2D eigenvalue weighted by atomic mass is 16.5. The number of carbonyl (C=O) groups excluding carboxylic acids is 1. The average molecular weight is 329 g/mol. The first-order chi connectivity index (χ1) is 11.7. The number of hydrogen-bond donors (Lipinski definition) is 1. The molecule has 2 heterocycles. The van der Waals surface area contributed by atoms with Crippen molar-refractivity contribution in [1.82, 2.24) is 4.90 Å². The van der Waals surface area contributed by atoms with Crippen molar-refractivity contribution in [2.45, 2.75) is 38.3 Å². The Morgan fingerprint density at radius 3 is 3.04 bits per heavy atom. The molecule has 1 aromatic carbocycles. The second-order valence-electron chi connectivity index (χ2n) is 6.02. The van der Waals surface area contributed by atoms with E-state index in [-0.39, 0.29) is 11.9 Å². The molecule has 5 nitrogen and oxygen atoms in total. The molecule has 1 amide bonds. The predicted molar refractivity (Wildman–Crippen MR) is 90.0 cm³/mol. The molecule has 2 unspecified atom stereocenters. The van der Waals surface area contributed by atoms with E-state index < -0.39 is 6.10 Å². The number of amides is 1. The van der Waals surface area contributed by atoms with Gasteiger partial charge in [0.25, 0.3) is 5.91 Å². The van der Waals surface area contributed by atoms with E-state index in [9.17, 15) is 9.90 Å². The van der Waals surface area contributed by atoms with Gasteiger partial charge in [-0.1, -0.05) is 6.07 Å². The fraction of sp³-hybridized carbons (Fsp3) is 0.421. The molecule has 1 aliphatic heterocycles. The van der Waals surface area contributed by atoms with Crippen molar-refractivity contribution in [1.29, 1.82) is 0 Å². The fourth-order valence-corrected chi connectivity index (χ4v) is 3.25. The molecule has 1 aliphatic rings. The Morgan fingerprint density at radius 2 is 2.29 bits per heavy atom. The Hall–Kier alpha value is -2.27. The SMILES string of the molecule is CCOc1cccc(C(=O)N2CCCC2CC(O)c2ccco2)c1. The summed E-state index contributed by atoms with van der Waals surface area (Å²) in [5.41, 5.74) is 0.625. The number of aliphatic hydroxyl groups excluding tert-OH is 1. The fourth-order valence-electron chi connectivity index (χ4n) is 3.25. The van der Waals surface area contributed by atoms with Crippen LogP contribution in [0.5, 0.6) is 5.75 Å². The molecule has 0 aliphatic carbocycles. The Bertz CT molecular complexity index is 668. The molecule has 0 radical (unpaired) electrons. The van der Waals surface area contributed by atoms with Crippen LogP contribution in [-0.2, 0) is 0 Å². The van der Waals surface area contributed by atoms with Crippen LogP contribution in [0, 0.1) is 0 Å². The molecule has 1 saturated heterocycles. The van der Waals surface area contributed by atoms with Gasteiger partial charge in [-0.3, -0.25) is 4.79 Å². The Morgan fingerprint density at radius 1 is 1.42 bits per heavy atom. The van der Waals surface area contributed by atoms with E-state index in [2.05, 4.69) is 0 Å². The number of likely N-dealkylation sites (tertiary alicyclic amines) is 1. The number of carbonyl (C=O) groups is 1. The summed E-state index contributed by atoms with van der Waals surface area (Å²) in [4.78, 5) is 14.7. The van der Waals surface area contributed by atoms with Crippen LogP contribution >= 0.6 is 0 Å². The Labute approximate surface area is 141 Å². The maximum Gasteiger partial charge on any atom is 0.254 e. The smallest absolute Gasteiger partial charge is 0.254 e. The highest BCUT2D eigenvalue weighted by molar-refractivity contribution is 5.95. The normalized spacial score (nSPS) is 18.6. The van der Waals surface area contributed by atoms with Crippen molar-refractivity contribution in [3.8, 4) is 5.75 Å². The van der Waals surface area contributed by atoms with E-state index in [0.717, 1.165) is 12.8 Å². The van der Waals surface area contributed by atoms with Gasteiger partial charge in [0, 0.05) is 24.6 Å². The first-order valence-electron chi connectivity index (χ1n) is 8.44. The minimum absolute atomic E-state index is 0.00861. The molecule has 0 saturated carbocycles. The van der Waals surface area contributed by atoms with Gasteiger partial charge >= 0.3 is 0 Å². The lowest BCUT2D eigenvalue weighted by atomic mass is 10.0. The third-order valence-electron chi connectivity index (χ3n) is 4.40. The molecule has 1 N–H and O–H groups in total. The van der Waals surface area contributed by atoms with E-state index in [1.54, 1.807) is 24.5 Å². The second-order valence-corrected chi connectivity index (χ2v) is 6.02. The van der Waals surface area contributed by atoms with Gasteiger partial charge in [-0.15, -0.1) is 0 Å². The number of hydrogen-bond acceptors (Lipinski definition) is 4. The summed E-state index contributed by atoms with van der Waals surface area (Å²) in [6, 6.07) is 10.8. The molecule has 1 fully saturated rings. The first kappa shape index (κ1) is 16.6. The average Bonchev–Trinajstić information content (AvgIpc) is 3.26. The largest absolute Gasteiger partial charge is 0.494 e. The minimum Gasteiger partial charge on any atom is -0.494 e. The zero-order valence-electron chi connectivity index (χ0n) is 13.9. The summed E-state index contributed by atoms with van der Waals surface area (Å²) in [5.74, 6) is 1.24. The summed E-state index contributed by atoms with van der Waals surface area (Å²) in [7, 11) is 0. The van der Waals surface area contributed by atoms with Gasteiger partial charge in [-0.25, -0.2) is 0 Å². The lowest BCUT2D eigenvalue weighted by Gasteiger charge is -2.26. The number of rotatable bonds is 6. The van der Waals surface area contributed by atoms with E-state index in [1.807, 2.05) is 30.0 Å². The van der Waals surface area contributed by atoms with E-state index in [0.29, 0.717) is 36.6 Å². The maximum atomic E-state index is 12.8. The van der Waals surface area contributed by atoms with Crippen molar-refractivity contribution in [2.75, 3.05) is 13.2 Å². The third-order valence-corrected chi connectivity index (χ3v) is 4.40. The molecule has 24 heavy (non-hydrogen) atoms. The van der Waals surface area contributed by atoms with Gasteiger partial charge in [-0.2, -0.15) is 0 Å². The zero-order valence-corrected chi connectivity index (χ0v) is 13.9. The van der Waals surface area contributed by atoms with Gasteiger partial charge < -0.3 is 19.2 Å². The Balaban J connectivity index is 1.70. The highest BCUT2D eigenvalue weighted by Crippen LogP contribution is 2.29. The third kappa shape index (κ3) is 3.62. The van der Waals surface area contributed by atoms with Gasteiger partial charge in [0.2, 0.25) is 0 Å². The monoisotopic (exact) mass is 329 g/mol. The van der Waals surface area contributed by atoms with Crippen LogP contribution in [0.3, 0.4) is 0 Å². The molecular weight excluding hydrogens is 306 g/mol. The van der Waals surface area contributed by atoms with Crippen LogP contribution in [0.15, 0.2) is 47.1 Å². The van der Waals surface area contributed by atoms with Gasteiger partial charge in [0.1, 0.15) is 17.6 Å². The molecule has 3 rings (SSSR count). The topological polar surface area (TPSA) is 62.9 Å². The number of furan rings is 1. The number of nitrogens with zero attached hydrogens (tertiary/aromatic N) is 1. The van der Waals surface area contributed by atoms with Crippen molar-refractivity contribution in [3.05, 3.63) is 54.0 Å². The Kier molecular flexibility index (Phi) is 5.20. The van der Waals surface area contributed by atoms with Crippen LogP contribution in [-0.4, -0.2) is 35.1 Å². The standard InChI is InChI=1S/C19H23NO4/c1-2-23-16-8-3-6-14(12-16)19(22)20-10-4-7-15(20)13-17(21)18-9-5-11-24-18/h3,5-6,8-9,11-12,15,17,21H,2,4,7,10,13H2,1H3. The molecule has 0 bridgehead atoms. The number of benzene rings is 1. The lowest BCUT2D eigenvalue weighted by molar-refractivity contribution is 0.0641. The van der Waals surface area contributed by atoms with Crippen molar-refractivity contribution < 1.29 is 19.1 Å². The second kappa shape index (κ2) is 7.53. The first-order valence-corrected chi connectivity index (χ1v) is 8.44. The van der Waals surface area contributed by atoms with Crippen LogP contribution in [0.4, 0.5) is 0 Å². The van der Waals surface area contributed by atoms with Crippen LogP contribution < -0.4 is 4.74 Å². The van der Waals surface area contributed by atoms with Crippen LogP contribution in [0.1, 0.15) is 48.4 Å². The molecule has 0 spiro atoms. The van der Waals surface area contributed by atoms with Gasteiger partial charge in [-0.05, 0) is 50.1 Å². The van der Waals surface area contributed by atoms with Gasteiger partial charge in [0.05, 0.1) is 12.9 Å². The predicted octanol–water partition coefficient (Wildman–Crippen LogP) is 3.41. The summed E-state index contributed by atoms with van der Waals surface area (Å²) < 4.78 is 10.7. The molecule has 1 aromatic heterocycles. The zero-order chi connectivity index (χ0) is 16.9. The van der Waals surface area contributed by atoms with E-state index >= 15 is 0 Å². The van der Waals surface area contributed by atoms with Crippen LogP contribution in [0.2, 0.25) is 0 Å². The summed E-state index contributed by atoms with van der Waals surface area (Å²) in [5, 5.41) is 10.3. The summed E-state index contributed by atoms with van der Waals surface area (Å²) in [6.45, 7) is 3.20.